The van der Waals surface area contributed by atoms with Crippen LogP contribution in [0.2, 0.25) is 0 Å². The number of aliphatic hydroxyl groups excluding tert-OH is 1. The van der Waals surface area contributed by atoms with Crippen molar-refractivity contribution in [2.75, 3.05) is 46.0 Å². The molecule has 1 N–H and O–H groups in total. The number of benzene rings is 1. The lowest BCUT2D eigenvalue weighted by Crippen LogP contribution is -2.51. The molecule has 2 unspecified atom stereocenters. The molecular weight excluding hydrogens is 437 g/mol. The Kier molecular flexibility index (Phi) is 5.66. The van der Waals surface area contributed by atoms with Gasteiger partial charge in [-0.3, -0.25) is 4.79 Å². The summed E-state index contributed by atoms with van der Waals surface area (Å²) >= 11 is 0. The van der Waals surface area contributed by atoms with Gasteiger partial charge in [0.1, 0.15) is 30.0 Å². The molecule has 0 radical (unpaired) electrons. The van der Waals surface area contributed by atoms with Crippen LogP contribution in [-0.2, 0) is 15.8 Å². The Bertz CT molecular complexity index is 1090. The highest BCUT2D eigenvalue weighted by molar-refractivity contribution is 7.82. The van der Waals surface area contributed by atoms with Crippen LogP contribution in [0.15, 0.2) is 52.6 Å². The van der Waals surface area contributed by atoms with Crippen molar-refractivity contribution in [1.82, 2.24) is 14.2 Å². The molecule has 1 aromatic heterocycles. The smallest absolute Gasteiger partial charge is 0.257 e. The van der Waals surface area contributed by atoms with Crippen LogP contribution in [0.3, 0.4) is 0 Å². The second kappa shape index (κ2) is 8.61. The van der Waals surface area contributed by atoms with Gasteiger partial charge in [-0.15, -0.1) is 0 Å². The zero-order valence-electron chi connectivity index (χ0n) is 17.2. The van der Waals surface area contributed by atoms with Gasteiger partial charge < -0.3 is 19.5 Å². The molecule has 0 spiro atoms. The van der Waals surface area contributed by atoms with E-state index in [9.17, 15) is 18.5 Å². The molecule has 2 saturated heterocycles. The lowest BCUT2D eigenvalue weighted by Gasteiger charge is -2.42. The molecule has 168 valence electrons. The molecule has 1 aromatic carbocycles. The molecule has 3 aliphatic rings. The van der Waals surface area contributed by atoms with Gasteiger partial charge in [0.2, 0.25) is 5.91 Å². The van der Waals surface area contributed by atoms with Crippen LogP contribution in [0.4, 0.5) is 4.39 Å². The number of nitrogens with zero attached hydrogens (tertiary/aromatic N) is 3. The van der Waals surface area contributed by atoms with Crippen LogP contribution in [0, 0.1) is 5.82 Å². The SMILES string of the molecule is O=C(C(CO)c1ccc(F)cc1)N1CC(=C2CN(S(=O)c3cnc4c(c3)OCCO4)C2)C1. The van der Waals surface area contributed by atoms with E-state index in [0.717, 1.165) is 5.57 Å². The zero-order chi connectivity index (χ0) is 22.2. The van der Waals surface area contributed by atoms with Crippen molar-refractivity contribution in [3.05, 3.63) is 59.1 Å². The summed E-state index contributed by atoms with van der Waals surface area (Å²) in [4.78, 5) is 19.2. The fraction of sp³-hybridized carbons (Fsp3) is 0.364. The van der Waals surface area contributed by atoms with Crippen LogP contribution in [0.1, 0.15) is 11.5 Å². The third-order valence-corrected chi connectivity index (χ3v) is 7.23. The van der Waals surface area contributed by atoms with Crippen molar-refractivity contribution < 1.29 is 28.0 Å². The fourth-order valence-electron chi connectivity index (χ4n) is 3.92. The van der Waals surface area contributed by atoms with E-state index < -0.39 is 16.9 Å². The maximum Gasteiger partial charge on any atom is 0.257 e. The normalized spacial score (nSPS) is 19.8. The highest BCUT2D eigenvalue weighted by Crippen LogP contribution is 2.33. The Morgan fingerprint density at radius 1 is 1.12 bits per heavy atom. The summed E-state index contributed by atoms with van der Waals surface area (Å²) in [6, 6.07) is 7.33. The van der Waals surface area contributed by atoms with Crippen molar-refractivity contribution in [3.63, 3.8) is 0 Å². The molecule has 5 rings (SSSR count). The number of amides is 1. The number of hydrogen-bond acceptors (Lipinski definition) is 6. The predicted octanol–water partition coefficient (Wildman–Crippen LogP) is 1.25. The third-order valence-electron chi connectivity index (χ3n) is 5.87. The first-order chi connectivity index (χ1) is 15.5. The van der Waals surface area contributed by atoms with Crippen LogP contribution in [-0.4, -0.2) is 75.4 Å². The van der Waals surface area contributed by atoms with E-state index in [1.807, 2.05) is 4.31 Å². The van der Waals surface area contributed by atoms with Gasteiger partial charge in [0, 0.05) is 38.4 Å². The lowest BCUT2D eigenvalue weighted by atomic mass is 9.92. The minimum atomic E-state index is -1.35. The third kappa shape index (κ3) is 3.89. The number of halogens is 1. The molecule has 4 heterocycles. The molecule has 0 saturated carbocycles. The van der Waals surface area contributed by atoms with Crippen molar-refractivity contribution in [3.8, 4) is 11.6 Å². The standard InChI is InChI=1S/C22H22FN3O5S/c23-17-3-1-14(2-4-17)19(13-27)22(28)25-9-15(10-25)16-11-26(12-16)32(29)18-7-20-21(24-8-18)31-6-5-30-20/h1-4,7-8,19,27H,5-6,9-13H2. The van der Waals surface area contributed by atoms with Gasteiger partial charge in [-0.1, -0.05) is 12.1 Å². The van der Waals surface area contributed by atoms with E-state index in [1.54, 1.807) is 17.2 Å². The highest BCUT2D eigenvalue weighted by Gasteiger charge is 2.37. The minimum absolute atomic E-state index is 0.175. The van der Waals surface area contributed by atoms with Gasteiger partial charge in [-0.25, -0.2) is 17.9 Å². The highest BCUT2D eigenvalue weighted by atomic mass is 32.2. The summed E-state index contributed by atoms with van der Waals surface area (Å²) in [5.41, 5.74) is 2.93. The second-order valence-electron chi connectivity index (χ2n) is 7.91. The molecule has 3 aliphatic heterocycles. The molecule has 32 heavy (non-hydrogen) atoms. The second-order valence-corrected chi connectivity index (χ2v) is 9.39. The fourth-order valence-corrected chi connectivity index (χ4v) is 5.11. The number of aromatic nitrogens is 1. The first-order valence-corrected chi connectivity index (χ1v) is 11.4. The van der Waals surface area contributed by atoms with Crippen molar-refractivity contribution in [1.29, 1.82) is 0 Å². The molecule has 2 fully saturated rings. The lowest BCUT2D eigenvalue weighted by molar-refractivity contribution is -0.135. The topological polar surface area (TPSA) is 92.2 Å². The number of carbonyl (C=O) groups is 1. The number of likely N-dealkylation sites (tertiary alicyclic amines) is 1. The van der Waals surface area contributed by atoms with E-state index in [4.69, 9.17) is 9.47 Å². The van der Waals surface area contributed by atoms with E-state index in [-0.39, 0.29) is 18.3 Å². The van der Waals surface area contributed by atoms with Crippen molar-refractivity contribution in [2.24, 2.45) is 0 Å². The Morgan fingerprint density at radius 3 is 2.53 bits per heavy atom. The van der Waals surface area contributed by atoms with Gasteiger partial charge in [-0.05, 0) is 28.8 Å². The molecule has 2 atom stereocenters. The van der Waals surface area contributed by atoms with Crippen molar-refractivity contribution >= 4 is 16.9 Å². The molecule has 2 aromatic rings. The Labute approximate surface area is 186 Å². The largest absolute Gasteiger partial charge is 0.484 e. The quantitative estimate of drug-likeness (QED) is 0.677. The summed E-state index contributed by atoms with van der Waals surface area (Å²) in [5, 5.41) is 9.68. The van der Waals surface area contributed by atoms with Crippen LogP contribution < -0.4 is 9.47 Å². The minimum Gasteiger partial charge on any atom is -0.484 e. The molecule has 10 heteroatoms. The van der Waals surface area contributed by atoms with Crippen LogP contribution in [0.5, 0.6) is 11.6 Å². The van der Waals surface area contributed by atoms with E-state index in [2.05, 4.69) is 4.98 Å². The number of ether oxygens (including phenoxy) is 2. The number of rotatable bonds is 5. The molecule has 1 amide bonds. The van der Waals surface area contributed by atoms with Crippen LogP contribution >= 0.6 is 0 Å². The number of fused-ring (bicyclic) bond motifs is 1. The van der Waals surface area contributed by atoms with Gasteiger partial charge >= 0.3 is 0 Å². The van der Waals surface area contributed by atoms with E-state index in [1.165, 1.54) is 29.8 Å². The summed E-state index contributed by atoms with van der Waals surface area (Å²) in [5.74, 6) is -0.327. The number of hydrogen-bond donors (Lipinski definition) is 1. The Hall–Kier alpha value is -2.82. The van der Waals surface area contributed by atoms with E-state index in [0.29, 0.717) is 61.5 Å². The average molecular weight is 459 g/mol. The monoisotopic (exact) mass is 459 g/mol. The van der Waals surface area contributed by atoms with E-state index >= 15 is 0 Å². The first kappa shape index (κ1) is 21.0. The predicted molar refractivity (Wildman–Crippen MR) is 113 cm³/mol. The zero-order valence-corrected chi connectivity index (χ0v) is 18.0. The van der Waals surface area contributed by atoms with Gasteiger partial charge in [-0.2, -0.15) is 0 Å². The maximum atomic E-state index is 13.1. The summed E-state index contributed by atoms with van der Waals surface area (Å²) in [7, 11) is -1.35. The van der Waals surface area contributed by atoms with Gasteiger partial charge in [0.15, 0.2) is 5.75 Å². The van der Waals surface area contributed by atoms with Gasteiger partial charge in [0.25, 0.3) is 5.88 Å². The molecule has 0 aliphatic carbocycles. The summed E-state index contributed by atoms with van der Waals surface area (Å²) < 4.78 is 38.7. The van der Waals surface area contributed by atoms with Crippen LogP contribution in [0.25, 0.3) is 0 Å². The Morgan fingerprint density at radius 2 is 1.81 bits per heavy atom. The number of aliphatic hydroxyl groups is 1. The van der Waals surface area contributed by atoms with Gasteiger partial charge in [0.05, 0.1) is 17.4 Å². The Balaban J connectivity index is 1.17. The maximum absolute atomic E-state index is 13.1. The molecule has 8 nitrogen and oxygen atoms in total. The molecule has 0 bridgehead atoms. The number of carbonyl (C=O) groups excluding carboxylic acids is 1. The average Bonchev–Trinajstić information content (AvgIpc) is 2.75. The summed E-state index contributed by atoms with van der Waals surface area (Å²) in [6.07, 6.45) is 1.54. The summed E-state index contributed by atoms with van der Waals surface area (Å²) in [6.45, 7) is 2.70. The first-order valence-electron chi connectivity index (χ1n) is 10.3. The molecular formula is C22H22FN3O5S. The van der Waals surface area contributed by atoms with Crippen molar-refractivity contribution in [2.45, 2.75) is 10.8 Å². The number of pyridine rings is 1.